The van der Waals surface area contributed by atoms with Crippen LogP contribution in [0, 0.1) is 6.92 Å². The van der Waals surface area contributed by atoms with Gasteiger partial charge in [0, 0.05) is 12.8 Å². The standard InChI is InChI=1S/C24H26N2O6S/c1-4-31-20-13-17(14-21-23(28)26(11-12-30-3)24(29)33-21)7-10-19(20)32-15-22(27)25-18-8-5-16(2)6-9-18/h5-10,13-14H,4,11-12,15H2,1-3H3,(H,25,27)/b21-14-. The Morgan fingerprint density at radius 1 is 1.09 bits per heavy atom. The molecular weight excluding hydrogens is 444 g/mol. The fraction of sp³-hybridized carbons (Fsp3) is 0.292. The number of benzene rings is 2. The molecule has 3 amide bonds. The number of carbonyl (C=O) groups is 3. The highest BCUT2D eigenvalue weighted by Crippen LogP contribution is 2.34. The van der Waals surface area contributed by atoms with Crippen LogP contribution in [0.2, 0.25) is 0 Å². The van der Waals surface area contributed by atoms with Gasteiger partial charge in [-0.2, -0.15) is 0 Å². The molecule has 3 rings (SSSR count). The van der Waals surface area contributed by atoms with Gasteiger partial charge in [0.05, 0.1) is 24.7 Å². The maximum atomic E-state index is 12.5. The van der Waals surface area contributed by atoms with E-state index in [4.69, 9.17) is 14.2 Å². The normalized spacial score (nSPS) is 14.6. The van der Waals surface area contributed by atoms with Gasteiger partial charge in [-0.25, -0.2) is 0 Å². The van der Waals surface area contributed by atoms with E-state index in [-0.39, 0.29) is 36.8 Å². The third kappa shape index (κ3) is 6.59. The number of rotatable bonds is 10. The number of ether oxygens (including phenoxy) is 3. The molecule has 0 aliphatic carbocycles. The van der Waals surface area contributed by atoms with Crippen LogP contribution in [-0.2, 0) is 14.3 Å². The molecule has 1 aliphatic heterocycles. The summed E-state index contributed by atoms with van der Waals surface area (Å²) in [6.45, 7) is 4.50. The Hall–Kier alpha value is -3.30. The molecule has 2 aromatic carbocycles. The molecule has 2 aromatic rings. The van der Waals surface area contributed by atoms with Crippen LogP contribution in [0.5, 0.6) is 11.5 Å². The second kappa shape index (κ2) is 11.5. The summed E-state index contributed by atoms with van der Waals surface area (Å²) >= 11 is 0.884. The number of nitrogens with zero attached hydrogens (tertiary/aromatic N) is 1. The molecule has 8 nitrogen and oxygen atoms in total. The second-order valence-corrected chi connectivity index (χ2v) is 8.16. The molecule has 0 radical (unpaired) electrons. The Morgan fingerprint density at radius 2 is 1.85 bits per heavy atom. The lowest BCUT2D eigenvalue weighted by Crippen LogP contribution is -2.31. The molecule has 33 heavy (non-hydrogen) atoms. The van der Waals surface area contributed by atoms with Gasteiger partial charge in [0.1, 0.15) is 0 Å². The number of nitrogens with one attached hydrogen (secondary N) is 1. The monoisotopic (exact) mass is 470 g/mol. The Balaban J connectivity index is 1.68. The van der Waals surface area contributed by atoms with E-state index in [1.807, 2.05) is 38.1 Å². The average Bonchev–Trinajstić information content (AvgIpc) is 3.05. The molecule has 1 N–H and O–H groups in total. The number of amides is 3. The minimum atomic E-state index is -0.354. The highest BCUT2D eigenvalue weighted by Gasteiger charge is 2.34. The second-order valence-electron chi connectivity index (χ2n) is 7.17. The van der Waals surface area contributed by atoms with Crippen LogP contribution in [0.15, 0.2) is 47.4 Å². The first kappa shape index (κ1) is 24.3. The van der Waals surface area contributed by atoms with Gasteiger partial charge in [-0.15, -0.1) is 0 Å². The summed E-state index contributed by atoms with van der Waals surface area (Å²) in [6, 6.07) is 12.6. The van der Waals surface area contributed by atoms with Crippen LogP contribution >= 0.6 is 11.8 Å². The van der Waals surface area contributed by atoms with Gasteiger partial charge < -0.3 is 19.5 Å². The van der Waals surface area contributed by atoms with Crippen molar-refractivity contribution in [3.05, 3.63) is 58.5 Å². The number of hydrogen-bond acceptors (Lipinski definition) is 7. The Kier molecular flexibility index (Phi) is 8.51. The third-order valence-electron chi connectivity index (χ3n) is 4.65. The number of carbonyl (C=O) groups excluding carboxylic acids is 3. The van der Waals surface area contributed by atoms with Gasteiger partial charge in [0.25, 0.3) is 17.1 Å². The average molecular weight is 471 g/mol. The predicted molar refractivity (Wildman–Crippen MR) is 127 cm³/mol. The van der Waals surface area contributed by atoms with Crippen LogP contribution in [0.1, 0.15) is 18.1 Å². The molecule has 9 heteroatoms. The minimum absolute atomic E-state index is 0.189. The lowest BCUT2D eigenvalue weighted by Gasteiger charge is -2.13. The summed E-state index contributed by atoms with van der Waals surface area (Å²) in [5.41, 5.74) is 2.46. The van der Waals surface area contributed by atoms with E-state index in [1.165, 1.54) is 7.11 Å². The first-order chi connectivity index (χ1) is 15.9. The topological polar surface area (TPSA) is 94.2 Å². The lowest BCUT2D eigenvalue weighted by molar-refractivity contribution is -0.123. The molecule has 0 bridgehead atoms. The first-order valence-corrected chi connectivity index (χ1v) is 11.2. The summed E-state index contributed by atoms with van der Waals surface area (Å²) < 4.78 is 16.3. The zero-order chi connectivity index (χ0) is 23.8. The van der Waals surface area contributed by atoms with Gasteiger partial charge in [0.2, 0.25) is 0 Å². The molecule has 0 unspecified atom stereocenters. The van der Waals surface area contributed by atoms with E-state index in [9.17, 15) is 14.4 Å². The molecule has 1 fully saturated rings. The largest absolute Gasteiger partial charge is 0.490 e. The van der Waals surface area contributed by atoms with E-state index in [1.54, 1.807) is 24.3 Å². The van der Waals surface area contributed by atoms with Gasteiger partial charge in [-0.1, -0.05) is 23.8 Å². The molecule has 0 aromatic heterocycles. The number of imide groups is 1. The molecule has 1 aliphatic rings. The quantitative estimate of drug-likeness (QED) is 0.523. The van der Waals surface area contributed by atoms with E-state index < -0.39 is 0 Å². The van der Waals surface area contributed by atoms with Crippen LogP contribution in [0.3, 0.4) is 0 Å². The minimum Gasteiger partial charge on any atom is -0.490 e. The van der Waals surface area contributed by atoms with E-state index in [0.717, 1.165) is 22.2 Å². The predicted octanol–water partition coefficient (Wildman–Crippen LogP) is 4.09. The number of methoxy groups -OCH3 is 1. The van der Waals surface area contributed by atoms with Gasteiger partial charge in [0.15, 0.2) is 18.1 Å². The van der Waals surface area contributed by atoms with Crippen molar-refractivity contribution in [3.8, 4) is 11.5 Å². The SMILES string of the molecule is CCOc1cc(/C=C2\SC(=O)N(CCOC)C2=O)ccc1OCC(=O)Nc1ccc(C)cc1. The Morgan fingerprint density at radius 3 is 2.55 bits per heavy atom. The van der Waals surface area contributed by atoms with Crippen molar-refractivity contribution in [3.63, 3.8) is 0 Å². The summed E-state index contributed by atoms with van der Waals surface area (Å²) in [7, 11) is 1.51. The highest BCUT2D eigenvalue weighted by atomic mass is 32.2. The number of anilines is 1. The fourth-order valence-corrected chi connectivity index (χ4v) is 3.87. The third-order valence-corrected chi connectivity index (χ3v) is 5.56. The van der Waals surface area contributed by atoms with Gasteiger partial charge in [-0.05, 0) is 61.5 Å². The van der Waals surface area contributed by atoms with Crippen molar-refractivity contribution in [2.45, 2.75) is 13.8 Å². The summed E-state index contributed by atoms with van der Waals surface area (Å²) in [4.78, 5) is 38.3. The zero-order valence-electron chi connectivity index (χ0n) is 18.8. The lowest BCUT2D eigenvalue weighted by atomic mass is 10.2. The van der Waals surface area contributed by atoms with Gasteiger partial charge in [-0.3, -0.25) is 19.3 Å². The van der Waals surface area contributed by atoms with Gasteiger partial charge >= 0.3 is 0 Å². The molecule has 0 saturated carbocycles. The van der Waals surface area contributed by atoms with E-state index in [0.29, 0.717) is 34.3 Å². The number of hydrogen-bond donors (Lipinski definition) is 1. The van der Waals surface area contributed by atoms with Crippen LogP contribution < -0.4 is 14.8 Å². The van der Waals surface area contributed by atoms with Crippen molar-refractivity contribution in [2.24, 2.45) is 0 Å². The number of thioether (sulfide) groups is 1. The van der Waals surface area contributed by atoms with Crippen molar-refractivity contribution in [1.29, 1.82) is 0 Å². The van der Waals surface area contributed by atoms with Crippen LogP contribution in [0.4, 0.5) is 10.5 Å². The maximum Gasteiger partial charge on any atom is 0.293 e. The Labute approximate surface area is 196 Å². The maximum absolute atomic E-state index is 12.5. The van der Waals surface area contributed by atoms with Crippen molar-refractivity contribution in [2.75, 3.05) is 38.8 Å². The van der Waals surface area contributed by atoms with Crippen molar-refractivity contribution < 1.29 is 28.6 Å². The van der Waals surface area contributed by atoms with Crippen molar-refractivity contribution >= 4 is 40.6 Å². The fourth-order valence-electron chi connectivity index (χ4n) is 3.01. The molecule has 174 valence electrons. The molecule has 0 atom stereocenters. The molecular formula is C24H26N2O6S. The van der Waals surface area contributed by atoms with E-state index >= 15 is 0 Å². The summed E-state index contributed by atoms with van der Waals surface area (Å²) in [5, 5.41) is 2.45. The molecule has 1 saturated heterocycles. The highest BCUT2D eigenvalue weighted by molar-refractivity contribution is 8.18. The summed E-state index contributed by atoms with van der Waals surface area (Å²) in [5.74, 6) is 0.192. The zero-order valence-corrected chi connectivity index (χ0v) is 19.6. The van der Waals surface area contributed by atoms with Crippen molar-refractivity contribution in [1.82, 2.24) is 4.90 Å². The van der Waals surface area contributed by atoms with Crippen LogP contribution in [-0.4, -0.2) is 55.4 Å². The van der Waals surface area contributed by atoms with E-state index in [2.05, 4.69) is 5.32 Å². The number of aryl methyl sites for hydroxylation is 1. The first-order valence-electron chi connectivity index (χ1n) is 10.4. The molecule has 0 spiro atoms. The smallest absolute Gasteiger partial charge is 0.293 e. The summed E-state index contributed by atoms with van der Waals surface area (Å²) in [6.07, 6.45) is 1.63. The molecule has 1 heterocycles. The Bertz CT molecular complexity index is 1050. The van der Waals surface area contributed by atoms with Crippen LogP contribution in [0.25, 0.3) is 6.08 Å².